The first-order valence-corrected chi connectivity index (χ1v) is 6.32. The van der Waals surface area contributed by atoms with Crippen molar-refractivity contribution in [3.05, 3.63) is 71.3 Å². The molecule has 0 aliphatic heterocycles. The van der Waals surface area contributed by atoms with Gasteiger partial charge in [-0.15, -0.1) is 0 Å². The van der Waals surface area contributed by atoms with Gasteiger partial charge in [-0.05, 0) is 23.6 Å². The number of aliphatic hydroxyl groups excluding tert-OH is 1. The molecule has 2 aromatic carbocycles. The van der Waals surface area contributed by atoms with Gasteiger partial charge in [0.15, 0.2) is 0 Å². The summed E-state index contributed by atoms with van der Waals surface area (Å²) in [6, 6.07) is 18.2. The fraction of sp³-hybridized carbons (Fsp3) is 0.294. The molecule has 2 rings (SSSR count). The van der Waals surface area contributed by atoms with Crippen molar-refractivity contribution < 1.29 is 5.11 Å². The number of hydrogen-bond acceptors (Lipinski definition) is 1. The van der Waals surface area contributed by atoms with Gasteiger partial charge in [0.1, 0.15) is 0 Å². The average molecular weight is 240 g/mol. The van der Waals surface area contributed by atoms with E-state index in [1.54, 1.807) is 0 Å². The van der Waals surface area contributed by atoms with Gasteiger partial charge in [0.2, 0.25) is 0 Å². The zero-order valence-electron chi connectivity index (χ0n) is 11.2. The molecule has 0 fully saturated rings. The molecule has 0 heterocycles. The zero-order valence-corrected chi connectivity index (χ0v) is 11.2. The van der Waals surface area contributed by atoms with E-state index in [2.05, 4.69) is 26.0 Å². The van der Waals surface area contributed by atoms with E-state index in [-0.39, 0.29) is 5.41 Å². The van der Waals surface area contributed by atoms with Gasteiger partial charge in [-0.3, -0.25) is 0 Å². The smallest absolute Gasteiger partial charge is 0.0883 e. The molecule has 0 aliphatic carbocycles. The molecule has 94 valence electrons. The Morgan fingerprint density at radius 1 is 0.889 bits per heavy atom. The number of aryl methyl sites for hydroxylation is 1. The molecule has 0 saturated heterocycles. The summed E-state index contributed by atoms with van der Waals surface area (Å²) in [4.78, 5) is 0. The van der Waals surface area contributed by atoms with E-state index in [4.69, 9.17) is 0 Å². The molecule has 1 nitrogen and oxygen atoms in total. The van der Waals surface area contributed by atoms with Crippen LogP contribution in [0.1, 0.15) is 36.6 Å². The minimum Gasteiger partial charge on any atom is -0.387 e. The summed E-state index contributed by atoms with van der Waals surface area (Å²) in [5.41, 5.74) is 2.99. The number of benzene rings is 2. The van der Waals surface area contributed by atoms with E-state index >= 15 is 0 Å². The summed E-state index contributed by atoms with van der Waals surface area (Å²) < 4.78 is 0. The Morgan fingerprint density at radius 3 is 2.06 bits per heavy atom. The van der Waals surface area contributed by atoms with E-state index in [1.165, 1.54) is 0 Å². The van der Waals surface area contributed by atoms with Gasteiger partial charge in [-0.25, -0.2) is 0 Å². The van der Waals surface area contributed by atoms with E-state index < -0.39 is 6.10 Å². The molecule has 0 saturated carbocycles. The van der Waals surface area contributed by atoms with Gasteiger partial charge in [0.25, 0.3) is 0 Å². The Labute approximate surface area is 109 Å². The highest BCUT2D eigenvalue weighted by molar-refractivity contribution is 5.34. The molecule has 1 N–H and O–H groups in total. The van der Waals surface area contributed by atoms with Crippen molar-refractivity contribution >= 4 is 0 Å². The van der Waals surface area contributed by atoms with Gasteiger partial charge in [0, 0.05) is 5.41 Å². The summed E-state index contributed by atoms with van der Waals surface area (Å²) in [7, 11) is 0. The molecular formula is C17H20O. The summed E-state index contributed by atoms with van der Waals surface area (Å²) in [6.07, 6.45) is -0.499. The van der Waals surface area contributed by atoms with E-state index in [9.17, 15) is 5.11 Å². The number of rotatable bonds is 3. The topological polar surface area (TPSA) is 20.2 Å². The molecule has 0 radical (unpaired) electrons. The maximum atomic E-state index is 10.7. The lowest BCUT2D eigenvalue weighted by molar-refractivity contribution is 0.0996. The highest BCUT2D eigenvalue weighted by atomic mass is 16.3. The van der Waals surface area contributed by atoms with E-state index in [1.807, 2.05) is 49.4 Å². The Kier molecular flexibility index (Phi) is 3.53. The fourth-order valence-corrected chi connectivity index (χ4v) is 2.31. The van der Waals surface area contributed by atoms with E-state index in [0.717, 1.165) is 16.7 Å². The van der Waals surface area contributed by atoms with Crippen molar-refractivity contribution in [3.8, 4) is 0 Å². The summed E-state index contributed by atoms with van der Waals surface area (Å²) in [6.45, 7) is 6.21. The van der Waals surface area contributed by atoms with Crippen molar-refractivity contribution in [2.75, 3.05) is 0 Å². The van der Waals surface area contributed by atoms with Gasteiger partial charge in [-0.2, -0.15) is 0 Å². The predicted octanol–water partition coefficient (Wildman–Crippen LogP) is 4.01. The molecular weight excluding hydrogens is 220 g/mol. The van der Waals surface area contributed by atoms with Gasteiger partial charge >= 0.3 is 0 Å². The van der Waals surface area contributed by atoms with Gasteiger partial charge in [0.05, 0.1) is 6.10 Å². The SMILES string of the molecule is Cc1ccccc1C(O)C(C)(C)c1ccccc1. The van der Waals surface area contributed by atoms with Crippen LogP contribution >= 0.6 is 0 Å². The molecule has 1 unspecified atom stereocenters. The third kappa shape index (κ3) is 2.32. The van der Waals surface area contributed by atoms with Crippen LogP contribution in [0.25, 0.3) is 0 Å². The highest BCUT2D eigenvalue weighted by Crippen LogP contribution is 2.37. The third-order valence-corrected chi connectivity index (χ3v) is 3.68. The summed E-state index contributed by atoms with van der Waals surface area (Å²) in [5.74, 6) is 0. The van der Waals surface area contributed by atoms with Crippen LogP contribution in [0.2, 0.25) is 0 Å². The fourth-order valence-electron chi connectivity index (χ4n) is 2.31. The largest absolute Gasteiger partial charge is 0.387 e. The van der Waals surface area contributed by atoms with Crippen molar-refractivity contribution in [2.24, 2.45) is 0 Å². The second-order valence-electron chi connectivity index (χ2n) is 5.35. The molecule has 0 amide bonds. The normalized spacial score (nSPS) is 13.3. The van der Waals surface area contributed by atoms with Crippen molar-refractivity contribution in [2.45, 2.75) is 32.3 Å². The van der Waals surface area contributed by atoms with Crippen LogP contribution in [0, 0.1) is 6.92 Å². The third-order valence-electron chi connectivity index (χ3n) is 3.68. The standard InChI is InChI=1S/C17H20O/c1-13-9-7-8-12-15(13)16(18)17(2,3)14-10-5-4-6-11-14/h4-12,16,18H,1-3H3. The van der Waals surface area contributed by atoms with Crippen molar-refractivity contribution in [1.29, 1.82) is 0 Å². The Balaban J connectivity index is 2.39. The van der Waals surface area contributed by atoms with E-state index in [0.29, 0.717) is 0 Å². The predicted molar refractivity (Wildman–Crippen MR) is 75.6 cm³/mol. The monoisotopic (exact) mass is 240 g/mol. The average Bonchev–Trinajstić information content (AvgIpc) is 2.39. The minimum atomic E-state index is -0.499. The zero-order chi connectivity index (χ0) is 13.2. The van der Waals surface area contributed by atoms with Crippen molar-refractivity contribution in [1.82, 2.24) is 0 Å². The maximum Gasteiger partial charge on any atom is 0.0883 e. The van der Waals surface area contributed by atoms with Crippen LogP contribution in [-0.4, -0.2) is 5.11 Å². The molecule has 1 atom stereocenters. The molecule has 18 heavy (non-hydrogen) atoms. The minimum absolute atomic E-state index is 0.298. The molecule has 1 heteroatoms. The number of aliphatic hydroxyl groups is 1. The quantitative estimate of drug-likeness (QED) is 0.859. The van der Waals surface area contributed by atoms with Gasteiger partial charge < -0.3 is 5.11 Å². The Bertz CT molecular complexity index is 514. The molecule has 0 aromatic heterocycles. The lowest BCUT2D eigenvalue weighted by atomic mass is 9.76. The molecule has 0 bridgehead atoms. The maximum absolute atomic E-state index is 10.7. The van der Waals surface area contributed by atoms with Crippen LogP contribution in [0.5, 0.6) is 0 Å². The molecule has 0 aliphatic rings. The number of hydrogen-bond donors (Lipinski definition) is 1. The Morgan fingerprint density at radius 2 is 1.44 bits per heavy atom. The summed E-state index contributed by atoms with van der Waals surface area (Å²) in [5, 5.41) is 10.7. The van der Waals surface area contributed by atoms with Crippen LogP contribution < -0.4 is 0 Å². The first kappa shape index (κ1) is 12.8. The van der Waals surface area contributed by atoms with Crippen molar-refractivity contribution in [3.63, 3.8) is 0 Å². The highest BCUT2D eigenvalue weighted by Gasteiger charge is 2.31. The first-order chi connectivity index (χ1) is 8.53. The lowest BCUT2D eigenvalue weighted by Gasteiger charge is -2.32. The Hall–Kier alpha value is -1.60. The second-order valence-corrected chi connectivity index (χ2v) is 5.35. The molecule has 0 spiro atoms. The lowest BCUT2D eigenvalue weighted by Crippen LogP contribution is -2.27. The van der Waals surface area contributed by atoms with Gasteiger partial charge in [-0.1, -0.05) is 68.4 Å². The van der Waals surface area contributed by atoms with Crippen LogP contribution in [0.3, 0.4) is 0 Å². The van der Waals surface area contributed by atoms with Crippen LogP contribution in [0.4, 0.5) is 0 Å². The van der Waals surface area contributed by atoms with Crippen LogP contribution in [-0.2, 0) is 5.41 Å². The summed E-state index contributed by atoms with van der Waals surface area (Å²) >= 11 is 0. The first-order valence-electron chi connectivity index (χ1n) is 6.32. The van der Waals surface area contributed by atoms with Crippen LogP contribution in [0.15, 0.2) is 54.6 Å². The molecule has 2 aromatic rings. The second kappa shape index (κ2) is 4.95.